The zero-order chi connectivity index (χ0) is 21.5. The molecule has 0 amide bonds. The lowest BCUT2D eigenvalue weighted by atomic mass is 10.0. The van der Waals surface area contributed by atoms with Crippen LogP contribution in [-0.4, -0.2) is 39.6 Å². The maximum atomic E-state index is 12.3. The van der Waals surface area contributed by atoms with Crippen molar-refractivity contribution >= 4 is 44.1 Å². The molecule has 3 heterocycles. The third-order valence-electron chi connectivity index (χ3n) is 5.67. The van der Waals surface area contributed by atoms with Crippen LogP contribution in [0, 0.1) is 0 Å². The Morgan fingerprint density at radius 3 is 2.84 bits per heavy atom. The number of nitrogens with zero attached hydrogens (tertiary/aromatic N) is 2. The first kappa shape index (κ1) is 20.2. The van der Waals surface area contributed by atoms with Crippen LogP contribution in [0.2, 0.25) is 0 Å². The van der Waals surface area contributed by atoms with Crippen molar-refractivity contribution in [2.45, 2.75) is 19.0 Å². The second kappa shape index (κ2) is 8.11. The van der Waals surface area contributed by atoms with Crippen molar-refractivity contribution in [3.05, 3.63) is 69.3 Å². The quantitative estimate of drug-likeness (QED) is 0.393. The molecule has 2 aromatic heterocycles. The minimum atomic E-state index is -0.843. The number of hydrogen-bond donors (Lipinski definition) is 2. The highest BCUT2D eigenvalue weighted by Gasteiger charge is 2.33. The van der Waals surface area contributed by atoms with Gasteiger partial charge < -0.3 is 14.8 Å². The number of aromatic amines is 1. The van der Waals surface area contributed by atoms with E-state index in [0.29, 0.717) is 13.1 Å². The number of methoxy groups -OCH3 is 1. The van der Waals surface area contributed by atoms with Crippen molar-refractivity contribution in [1.82, 2.24) is 14.9 Å². The van der Waals surface area contributed by atoms with Crippen molar-refractivity contribution in [3.8, 4) is 16.3 Å². The largest absolute Gasteiger partial charge is 0.497 e. The predicted octanol–water partition coefficient (Wildman–Crippen LogP) is 5.25. The maximum absolute atomic E-state index is 12.3. The Hall–Kier alpha value is -2.68. The van der Waals surface area contributed by atoms with E-state index in [4.69, 9.17) is 9.72 Å². The van der Waals surface area contributed by atoms with E-state index < -0.39 is 12.0 Å². The molecule has 1 atom stereocenters. The van der Waals surface area contributed by atoms with Gasteiger partial charge in [0, 0.05) is 57.1 Å². The van der Waals surface area contributed by atoms with Gasteiger partial charge in [0.1, 0.15) is 16.8 Å². The molecule has 0 aliphatic carbocycles. The lowest BCUT2D eigenvalue weighted by Gasteiger charge is -2.31. The van der Waals surface area contributed by atoms with Crippen LogP contribution in [0.1, 0.15) is 22.2 Å². The number of carboxylic acids is 1. The van der Waals surface area contributed by atoms with Crippen LogP contribution in [0.4, 0.5) is 0 Å². The second-order valence-corrected chi connectivity index (χ2v) is 9.51. The van der Waals surface area contributed by atoms with E-state index in [1.165, 1.54) is 0 Å². The molecule has 8 heteroatoms. The van der Waals surface area contributed by atoms with E-state index in [-0.39, 0.29) is 0 Å². The fraction of sp³-hybridized carbons (Fsp3) is 0.217. The summed E-state index contributed by atoms with van der Waals surface area (Å²) in [6, 6.07) is 13.0. The summed E-state index contributed by atoms with van der Waals surface area (Å²) in [4.78, 5) is 23.5. The minimum absolute atomic E-state index is 0.570. The van der Waals surface area contributed by atoms with Gasteiger partial charge in [0.2, 0.25) is 0 Å². The van der Waals surface area contributed by atoms with E-state index in [0.717, 1.165) is 54.3 Å². The van der Waals surface area contributed by atoms with Crippen LogP contribution in [0.25, 0.3) is 21.5 Å². The van der Waals surface area contributed by atoms with Gasteiger partial charge in [-0.2, -0.15) is 0 Å². The first-order valence-corrected chi connectivity index (χ1v) is 11.5. The number of carboxylic acid groups (broad SMARTS) is 1. The van der Waals surface area contributed by atoms with E-state index in [1.807, 2.05) is 53.6 Å². The molecule has 158 valence electrons. The zero-order valence-electron chi connectivity index (χ0n) is 16.8. The molecule has 2 aromatic carbocycles. The monoisotopic (exact) mass is 497 g/mol. The summed E-state index contributed by atoms with van der Waals surface area (Å²) in [5, 5.41) is 12.0. The minimum Gasteiger partial charge on any atom is -0.497 e. The molecule has 5 rings (SSSR count). The Balaban J connectivity index is 1.46. The molecule has 0 saturated carbocycles. The average Bonchev–Trinajstić information content (AvgIpc) is 3.38. The maximum Gasteiger partial charge on any atom is 0.325 e. The molecular formula is C23H20BrN3O3S. The van der Waals surface area contributed by atoms with Gasteiger partial charge in [0.25, 0.3) is 0 Å². The molecule has 0 unspecified atom stereocenters. The van der Waals surface area contributed by atoms with E-state index in [9.17, 15) is 9.90 Å². The zero-order valence-corrected chi connectivity index (χ0v) is 19.2. The van der Waals surface area contributed by atoms with Crippen LogP contribution in [0.5, 0.6) is 5.75 Å². The van der Waals surface area contributed by atoms with Gasteiger partial charge >= 0.3 is 5.97 Å². The van der Waals surface area contributed by atoms with Gasteiger partial charge in [-0.15, -0.1) is 11.3 Å². The van der Waals surface area contributed by atoms with Crippen LogP contribution < -0.4 is 4.74 Å². The van der Waals surface area contributed by atoms with Gasteiger partial charge in [-0.25, -0.2) is 4.98 Å². The van der Waals surface area contributed by atoms with Crippen molar-refractivity contribution in [3.63, 3.8) is 0 Å². The number of carbonyl (C=O) groups is 1. The summed E-state index contributed by atoms with van der Waals surface area (Å²) in [7, 11) is 1.65. The summed E-state index contributed by atoms with van der Waals surface area (Å²) < 4.78 is 6.17. The van der Waals surface area contributed by atoms with Crippen molar-refractivity contribution in [2.24, 2.45) is 0 Å². The standard InChI is InChI=1S/C23H20BrN3O3S/c1-30-15-5-2-13(3-6-15)22-26-19-8-9-27(12-20(19)31-22)21(23(28)29)17-11-25-18-7-4-14(24)10-16(17)18/h2-7,10-11,21,25H,8-9,12H2,1H3,(H,28,29)/t21-/m1/s1. The van der Waals surface area contributed by atoms with E-state index >= 15 is 0 Å². The van der Waals surface area contributed by atoms with E-state index in [2.05, 4.69) is 20.9 Å². The number of H-pyrrole nitrogens is 1. The number of nitrogens with one attached hydrogen (secondary N) is 1. The summed E-state index contributed by atoms with van der Waals surface area (Å²) in [5.41, 5.74) is 3.83. The average molecular weight is 498 g/mol. The second-order valence-electron chi connectivity index (χ2n) is 7.51. The Bertz CT molecular complexity index is 1270. The highest BCUT2D eigenvalue weighted by Crippen LogP contribution is 2.37. The highest BCUT2D eigenvalue weighted by atomic mass is 79.9. The normalized spacial score (nSPS) is 15.0. The summed E-state index contributed by atoms with van der Waals surface area (Å²) >= 11 is 5.14. The molecule has 4 aromatic rings. The van der Waals surface area contributed by atoms with Crippen molar-refractivity contribution in [2.75, 3.05) is 13.7 Å². The summed E-state index contributed by atoms with van der Waals surface area (Å²) in [5.74, 6) is -0.0323. The summed E-state index contributed by atoms with van der Waals surface area (Å²) in [6.45, 7) is 1.22. The van der Waals surface area contributed by atoms with Gasteiger partial charge in [-0.1, -0.05) is 15.9 Å². The molecule has 0 saturated heterocycles. The highest BCUT2D eigenvalue weighted by molar-refractivity contribution is 9.10. The molecule has 0 spiro atoms. The lowest BCUT2D eigenvalue weighted by molar-refractivity contribution is -0.144. The van der Waals surface area contributed by atoms with Crippen LogP contribution in [-0.2, 0) is 17.8 Å². The third-order valence-corrected chi connectivity index (χ3v) is 7.29. The number of hydrogen-bond acceptors (Lipinski definition) is 5. The molecule has 0 bridgehead atoms. The number of rotatable bonds is 5. The third kappa shape index (κ3) is 3.75. The molecule has 31 heavy (non-hydrogen) atoms. The fourth-order valence-corrected chi connectivity index (χ4v) is 5.62. The number of aromatic nitrogens is 2. The van der Waals surface area contributed by atoms with Gasteiger partial charge in [0.15, 0.2) is 0 Å². The van der Waals surface area contributed by atoms with Crippen LogP contribution in [0.3, 0.4) is 0 Å². The lowest BCUT2D eigenvalue weighted by Crippen LogP contribution is -2.37. The molecule has 0 radical (unpaired) electrons. The Morgan fingerprint density at radius 2 is 2.10 bits per heavy atom. The molecule has 0 fully saturated rings. The predicted molar refractivity (Wildman–Crippen MR) is 125 cm³/mol. The first-order chi connectivity index (χ1) is 15.0. The topological polar surface area (TPSA) is 78.4 Å². The smallest absolute Gasteiger partial charge is 0.325 e. The Kier molecular flexibility index (Phi) is 5.29. The molecule has 2 N–H and O–H groups in total. The number of fused-ring (bicyclic) bond motifs is 2. The van der Waals surface area contributed by atoms with Gasteiger partial charge in [0.05, 0.1) is 12.8 Å². The Morgan fingerprint density at radius 1 is 1.29 bits per heavy atom. The van der Waals surface area contributed by atoms with Gasteiger partial charge in [-0.05, 0) is 42.5 Å². The molecule has 1 aliphatic rings. The van der Waals surface area contributed by atoms with Crippen LogP contribution >= 0.6 is 27.3 Å². The number of benzene rings is 2. The molecule has 6 nitrogen and oxygen atoms in total. The summed E-state index contributed by atoms with van der Waals surface area (Å²) in [6.07, 6.45) is 2.55. The van der Waals surface area contributed by atoms with Crippen LogP contribution in [0.15, 0.2) is 53.1 Å². The van der Waals surface area contributed by atoms with Crippen molar-refractivity contribution in [1.29, 1.82) is 0 Å². The molecule has 1 aliphatic heterocycles. The number of halogens is 1. The fourth-order valence-electron chi connectivity index (χ4n) is 4.12. The molecular weight excluding hydrogens is 478 g/mol. The van der Waals surface area contributed by atoms with E-state index in [1.54, 1.807) is 18.4 Å². The Labute approximate surface area is 191 Å². The SMILES string of the molecule is COc1ccc(-c2nc3c(s2)CN([C@@H](C(=O)O)c2c[nH]c4ccc(Br)cc24)CC3)cc1. The first-order valence-electron chi connectivity index (χ1n) is 9.90. The van der Waals surface area contributed by atoms with Gasteiger partial charge in [-0.3, -0.25) is 9.69 Å². The number of thiazole rings is 1. The number of aliphatic carboxylic acids is 1. The van der Waals surface area contributed by atoms with Crippen molar-refractivity contribution < 1.29 is 14.6 Å². The number of ether oxygens (including phenoxy) is 1.